The van der Waals surface area contributed by atoms with Crippen LogP contribution in [0.15, 0.2) is 0 Å². The lowest BCUT2D eigenvalue weighted by atomic mass is 9.83. The number of halogens is 1. The Hall–Kier alpha value is -0.480. The highest BCUT2D eigenvalue weighted by atomic mass is 35.5. The summed E-state index contributed by atoms with van der Waals surface area (Å²) in [5.41, 5.74) is -0.465. The molecule has 0 aliphatic carbocycles. The van der Waals surface area contributed by atoms with E-state index in [1.165, 1.54) is 0 Å². The summed E-state index contributed by atoms with van der Waals surface area (Å²) in [7, 11) is 0. The Morgan fingerprint density at radius 1 is 1.56 bits per heavy atom. The fraction of sp³-hybridized carbons (Fsp3) is 0.923. The van der Waals surface area contributed by atoms with E-state index in [9.17, 15) is 9.90 Å². The van der Waals surface area contributed by atoms with Gasteiger partial charge >= 0.3 is 6.09 Å². The minimum Gasteiger partial charge on any atom is -0.444 e. The van der Waals surface area contributed by atoms with Crippen molar-refractivity contribution in [3.8, 4) is 0 Å². The van der Waals surface area contributed by atoms with Crippen molar-refractivity contribution in [2.75, 3.05) is 19.0 Å². The number of ether oxygens (including phenoxy) is 1. The molecule has 0 aromatic heterocycles. The van der Waals surface area contributed by atoms with E-state index in [-0.39, 0.29) is 23.8 Å². The van der Waals surface area contributed by atoms with E-state index in [1.54, 1.807) is 4.90 Å². The molecule has 0 radical (unpaired) electrons. The van der Waals surface area contributed by atoms with Crippen LogP contribution in [-0.4, -0.2) is 46.8 Å². The first-order valence-electron chi connectivity index (χ1n) is 6.46. The Balaban J connectivity index is 2.53. The molecule has 1 amide bonds. The zero-order chi connectivity index (χ0) is 13.9. The number of alkyl halides is 1. The van der Waals surface area contributed by atoms with E-state index in [2.05, 4.69) is 0 Å². The van der Waals surface area contributed by atoms with E-state index in [0.717, 1.165) is 6.42 Å². The van der Waals surface area contributed by atoms with Gasteiger partial charge in [0.1, 0.15) is 5.60 Å². The van der Waals surface area contributed by atoms with E-state index >= 15 is 0 Å². The molecule has 1 aliphatic rings. The number of hydrogen-bond donors (Lipinski definition) is 1. The highest BCUT2D eigenvalue weighted by molar-refractivity contribution is 6.18. The number of hydrogen-bond acceptors (Lipinski definition) is 3. The van der Waals surface area contributed by atoms with Crippen molar-refractivity contribution in [3.05, 3.63) is 0 Å². The first kappa shape index (κ1) is 15.6. The van der Waals surface area contributed by atoms with Gasteiger partial charge in [-0.25, -0.2) is 4.79 Å². The molecule has 1 aliphatic heterocycles. The molecule has 1 N–H and O–H groups in total. The van der Waals surface area contributed by atoms with Crippen LogP contribution < -0.4 is 0 Å². The highest BCUT2D eigenvalue weighted by Crippen LogP contribution is 2.27. The molecule has 0 spiro atoms. The molecule has 18 heavy (non-hydrogen) atoms. The first-order valence-corrected chi connectivity index (χ1v) is 7.00. The maximum Gasteiger partial charge on any atom is 0.410 e. The number of amides is 1. The number of piperidine rings is 1. The molecule has 1 fully saturated rings. The average Bonchev–Trinajstić information content (AvgIpc) is 2.25. The van der Waals surface area contributed by atoms with Crippen LogP contribution in [0.5, 0.6) is 0 Å². The molecule has 0 saturated carbocycles. The molecule has 4 nitrogen and oxygen atoms in total. The number of aliphatic hydroxyl groups excluding tert-OH is 1. The molecule has 1 rings (SSSR count). The van der Waals surface area contributed by atoms with Crippen molar-refractivity contribution in [3.63, 3.8) is 0 Å². The van der Waals surface area contributed by atoms with Gasteiger partial charge in [-0.1, -0.05) is 6.92 Å². The Labute approximate surface area is 114 Å². The molecule has 1 saturated heterocycles. The summed E-state index contributed by atoms with van der Waals surface area (Å²) in [4.78, 5) is 13.6. The number of likely N-dealkylation sites (tertiary alicyclic amines) is 1. The van der Waals surface area contributed by atoms with Gasteiger partial charge in [0.25, 0.3) is 0 Å². The molecular formula is C13H24ClNO3. The van der Waals surface area contributed by atoms with Gasteiger partial charge in [-0.3, -0.25) is 0 Å². The van der Waals surface area contributed by atoms with Crippen molar-refractivity contribution in [1.29, 1.82) is 0 Å². The highest BCUT2D eigenvalue weighted by Gasteiger charge is 2.34. The zero-order valence-corrected chi connectivity index (χ0v) is 12.4. The fourth-order valence-electron chi connectivity index (χ4n) is 2.34. The molecular weight excluding hydrogens is 254 g/mol. The molecule has 106 valence electrons. The molecule has 5 heteroatoms. The third kappa shape index (κ3) is 4.32. The van der Waals surface area contributed by atoms with Gasteiger partial charge in [-0.15, -0.1) is 11.6 Å². The third-order valence-corrected chi connectivity index (χ3v) is 3.59. The van der Waals surface area contributed by atoms with Crippen LogP contribution in [0.2, 0.25) is 0 Å². The molecule has 0 aromatic carbocycles. The van der Waals surface area contributed by atoms with Crippen LogP contribution in [0, 0.1) is 11.8 Å². The quantitative estimate of drug-likeness (QED) is 0.789. The largest absolute Gasteiger partial charge is 0.444 e. The lowest BCUT2D eigenvalue weighted by Gasteiger charge is -2.39. The van der Waals surface area contributed by atoms with Crippen LogP contribution in [-0.2, 0) is 4.74 Å². The average molecular weight is 278 g/mol. The summed E-state index contributed by atoms with van der Waals surface area (Å²) in [6.07, 6.45) is 0.0181. The van der Waals surface area contributed by atoms with Gasteiger partial charge in [0.05, 0.1) is 6.10 Å². The number of nitrogens with zero attached hydrogens (tertiary/aromatic N) is 1. The lowest BCUT2D eigenvalue weighted by Crippen LogP contribution is -2.47. The second-order valence-corrected chi connectivity index (χ2v) is 6.39. The van der Waals surface area contributed by atoms with Gasteiger partial charge in [-0.05, 0) is 39.0 Å². The minimum atomic E-state index is -0.484. The predicted molar refractivity (Wildman–Crippen MR) is 71.8 cm³/mol. The molecule has 3 atom stereocenters. The zero-order valence-electron chi connectivity index (χ0n) is 11.6. The van der Waals surface area contributed by atoms with Crippen molar-refractivity contribution < 1.29 is 14.6 Å². The van der Waals surface area contributed by atoms with Crippen molar-refractivity contribution >= 4 is 17.7 Å². The second kappa shape index (κ2) is 6.11. The second-order valence-electron chi connectivity index (χ2n) is 6.08. The number of carbonyl (C=O) groups is 1. The summed E-state index contributed by atoms with van der Waals surface area (Å²) >= 11 is 5.68. The van der Waals surface area contributed by atoms with Crippen LogP contribution in [0.4, 0.5) is 4.79 Å². The van der Waals surface area contributed by atoms with Crippen molar-refractivity contribution in [1.82, 2.24) is 4.90 Å². The van der Waals surface area contributed by atoms with E-state index in [1.807, 2.05) is 27.7 Å². The number of rotatable bonds is 2. The first-order chi connectivity index (χ1) is 8.24. The van der Waals surface area contributed by atoms with Gasteiger partial charge in [-0.2, -0.15) is 0 Å². The summed E-state index contributed by atoms with van der Waals surface area (Å²) < 4.78 is 5.35. The Morgan fingerprint density at radius 2 is 2.17 bits per heavy atom. The third-order valence-electron chi connectivity index (χ3n) is 3.28. The maximum absolute atomic E-state index is 11.9. The summed E-state index contributed by atoms with van der Waals surface area (Å²) in [6, 6.07) is 0. The van der Waals surface area contributed by atoms with Gasteiger partial charge < -0.3 is 14.7 Å². The topological polar surface area (TPSA) is 49.8 Å². The summed E-state index contributed by atoms with van der Waals surface area (Å²) in [6.45, 7) is 8.86. The molecule has 3 unspecified atom stereocenters. The SMILES string of the molecule is CC1CN(C(=O)OC(C)(C)C)CCC1C(O)CCl. The monoisotopic (exact) mass is 277 g/mol. The Morgan fingerprint density at radius 3 is 2.61 bits per heavy atom. The van der Waals surface area contributed by atoms with Crippen LogP contribution in [0.1, 0.15) is 34.1 Å². The molecule has 0 bridgehead atoms. The minimum absolute atomic E-state index is 0.168. The Kier molecular flexibility index (Phi) is 5.29. The van der Waals surface area contributed by atoms with Gasteiger partial charge in [0.15, 0.2) is 0 Å². The number of carbonyl (C=O) groups excluding carboxylic acids is 1. The predicted octanol–water partition coefficient (Wildman–Crippen LogP) is 2.48. The molecule has 0 aromatic rings. The fourth-order valence-corrected chi connectivity index (χ4v) is 2.57. The number of aliphatic hydroxyl groups is 1. The van der Waals surface area contributed by atoms with Crippen molar-refractivity contribution in [2.45, 2.75) is 45.8 Å². The van der Waals surface area contributed by atoms with Gasteiger partial charge in [0.2, 0.25) is 0 Å². The molecule has 1 heterocycles. The summed E-state index contributed by atoms with van der Waals surface area (Å²) in [5, 5.41) is 9.80. The van der Waals surface area contributed by atoms with E-state index in [0.29, 0.717) is 13.1 Å². The maximum atomic E-state index is 11.9. The summed E-state index contributed by atoms with van der Waals surface area (Å²) in [5.74, 6) is 0.655. The Bertz CT molecular complexity index is 290. The van der Waals surface area contributed by atoms with Crippen LogP contribution >= 0.6 is 11.6 Å². The van der Waals surface area contributed by atoms with Crippen molar-refractivity contribution in [2.24, 2.45) is 11.8 Å². The normalized spacial score (nSPS) is 26.9. The van der Waals surface area contributed by atoms with E-state index < -0.39 is 11.7 Å². The van der Waals surface area contributed by atoms with Crippen LogP contribution in [0.25, 0.3) is 0 Å². The van der Waals surface area contributed by atoms with E-state index in [4.69, 9.17) is 16.3 Å². The standard InChI is InChI=1S/C13H24ClNO3/c1-9-8-15(12(17)18-13(2,3)4)6-5-10(9)11(16)7-14/h9-11,16H,5-8H2,1-4H3. The van der Waals surface area contributed by atoms with Crippen LogP contribution in [0.3, 0.4) is 0 Å². The van der Waals surface area contributed by atoms with Gasteiger partial charge in [0, 0.05) is 19.0 Å². The lowest BCUT2D eigenvalue weighted by molar-refractivity contribution is -0.00336. The smallest absolute Gasteiger partial charge is 0.410 e.